The lowest BCUT2D eigenvalue weighted by atomic mass is 10.1. The molecule has 2 aromatic heterocycles. The summed E-state index contributed by atoms with van der Waals surface area (Å²) in [6, 6.07) is 26.4. The number of aryl methyl sites for hydroxylation is 2. The van der Waals surface area contributed by atoms with E-state index in [1.165, 1.54) is 46.6 Å². The van der Waals surface area contributed by atoms with Crippen molar-refractivity contribution in [2.24, 2.45) is 0 Å². The Morgan fingerprint density at radius 3 is 1.28 bits per heavy atom. The molecule has 0 unspecified atom stereocenters. The molecule has 8 heteroatoms. The van der Waals surface area contributed by atoms with Crippen molar-refractivity contribution in [3.8, 4) is 0 Å². The zero-order valence-electron chi connectivity index (χ0n) is 31.7. The lowest BCUT2D eigenvalue weighted by Crippen LogP contribution is -2.43. The molecule has 0 bridgehead atoms. The summed E-state index contributed by atoms with van der Waals surface area (Å²) in [6.07, 6.45) is 18.7. The van der Waals surface area contributed by atoms with E-state index >= 15 is 0 Å². The molecule has 0 aliphatic heterocycles. The summed E-state index contributed by atoms with van der Waals surface area (Å²) >= 11 is 0. The van der Waals surface area contributed by atoms with Crippen LogP contribution >= 0.6 is 21.6 Å². The first kappa shape index (κ1) is 39.2. The predicted octanol–water partition coefficient (Wildman–Crippen LogP) is 7.32. The normalized spacial score (nSPS) is 12.2. The number of anilines is 2. The van der Waals surface area contributed by atoms with Gasteiger partial charge in [-0.3, -0.25) is 0 Å². The standard InChI is InChI=1S/C42H60N6S2/c1-43(26-9-33-47(3,4)5)41-18-14-37(15-19-41)10-12-39-22-27-45(28-23-39)31-34-49-50-35-32-46-29-24-40(25-30-46)13-11-38-16-20-42(21-17-38)44(2)36-48(6,7)8/h10-25,27-30H,9,26,31-36H2,1-8H3/q+4. The van der Waals surface area contributed by atoms with Crippen molar-refractivity contribution in [3.63, 3.8) is 0 Å². The van der Waals surface area contributed by atoms with E-state index in [0.29, 0.717) is 0 Å². The summed E-state index contributed by atoms with van der Waals surface area (Å²) < 4.78 is 6.46. The van der Waals surface area contributed by atoms with Gasteiger partial charge >= 0.3 is 0 Å². The maximum absolute atomic E-state index is 2.35. The van der Waals surface area contributed by atoms with Gasteiger partial charge in [0.15, 0.2) is 44.5 Å². The molecule has 0 N–H and O–H groups in total. The number of rotatable bonds is 19. The van der Waals surface area contributed by atoms with Crippen LogP contribution in [0.25, 0.3) is 24.3 Å². The van der Waals surface area contributed by atoms with E-state index in [-0.39, 0.29) is 0 Å². The molecule has 266 valence electrons. The first-order valence-electron chi connectivity index (χ1n) is 17.7. The molecule has 0 fully saturated rings. The van der Waals surface area contributed by atoms with E-state index in [4.69, 9.17) is 0 Å². The molecule has 0 saturated heterocycles. The second kappa shape index (κ2) is 19.2. The molecule has 2 aromatic carbocycles. The van der Waals surface area contributed by atoms with Gasteiger partial charge in [-0.25, -0.2) is 9.13 Å². The lowest BCUT2D eigenvalue weighted by Gasteiger charge is -2.30. The van der Waals surface area contributed by atoms with Crippen LogP contribution in [-0.4, -0.2) is 96.6 Å². The predicted molar refractivity (Wildman–Crippen MR) is 221 cm³/mol. The monoisotopic (exact) mass is 712 g/mol. The van der Waals surface area contributed by atoms with E-state index in [1.54, 1.807) is 0 Å². The Bertz CT molecular complexity index is 1620. The van der Waals surface area contributed by atoms with Crippen molar-refractivity contribution in [1.82, 2.24) is 0 Å². The van der Waals surface area contributed by atoms with E-state index in [1.807, 2.05) is 21.6 Å². The smallest absolute Gasteiger partial charge is 0.169 e. The third-order valence-electron chi connectivity index (χ3n) is 8.35. The zero-order valence-corrected chi connectivity index (χ0v) is 33.3. The Labute approximate surface area is 310 Å². The van der Waals surface area contributed by atoms with Gasteiger partial charge in [0.05, 0.1) is 60.3 Å². The van der Waals surface area contributed by atoms with Crippen LogP contribution in [0.3, 0.4) is 0 Å². The highest BCUT2D eigenvalue weighted by atomic mass is 33.1. The van der Waals surface area contributed by atoms with Crippen LogP contribution in [0.4, 0.5) is 11.4 Å². The second-order valence-electron chi connectivity index (χ2n) is 15.2. The number of pyridine rings is 2. The van der Waals surface area contributed by atoms with E-state index in [2.05, 4.69) is 197 Å². The van der Waals surface area contributed by atoms with Crippen LogP contribution in [0.2, 0.25) is 0 Å². The van der Waals surface area contributed by atoms with E-state index < -0.39 is 0 Å². The van der Waals surface area contributed by atoms with Crippen LogP contribution in [0, 0.1) is 0 Å². The molecule has 0 amide bonds. The maximum Gasteiger partial charge on any atom is 0.169 e. The Hall–Kier alpha value is -3.56. The first-order valence-corrected chi connectivity index (χ1v) is 20.1. The fourth-order valence-corrected chi connectivity index (χ4v) is 7.52. The van der Waals surface area contributed by atoms with Crippen molar-refractivity contribution >= 4 is 57.3 Å². The summed E-state index contributed by atoms with van der Waals surface area (Å²) in [6.45, 7) is 5.24. The largest absolute Gasteiger partial charge is 0.374 e. The molecule has 0 aliphatic carbocycles. The molecule has 0 aliphatic rings. The minimum absolute atomic E-state index is 0.907. The SMILES string of the molecule is CN(CCC[N+](C)(C)C)c1ccc(/C=C/c2cc[n+](CCSSCC[n+]3ccc(/C=C/c4ccc(N(C)C[N+](C)(C)C)cc4)cc3)cc2)cc1. The number of quaternary nitrogens is 2. The number of hydrogen-bond donors (Lipinski definition) is 0. The third-order valence-corrected chi connectivity index (χ3v) is 10.7. The van der Waals surface area contributed by atoms with Gasteiger partial charge in [0, 0.05) is 62.7 Å². The van der Waals surface area contributed by atoms with Crippen molar-refractivity contribution in [2.45, 2.75) is 19.5 Å². The molecule has 0 saturated carbocycles. The van der Waals surface area contributed by atoms with Crippen molar-refractivity contribution in [3.05, 3.63) is 120 Å². The van der Waals surface area contributed by atoms with E-state index in [9.17, 15) is 0 Å². The molecule has 0 radical (unpaired) electrons. The van der Waals surface area contributed by atoms with Crippen molar-refractivity contribution in [2.75, 3.05) is 97.4 Å². The molecular weight excluding hydrogens is 653 g/mol. The maximum atomic E-state index is 2.35. The minimum Gasteiger partial charge on any atom is -0.374 e. The topological polar surface area (TPSA) is 14.2 Å². The van der Waals surface area contributed by atoms with Gasteiger partial charge in [-0.05, 0) is 46.5 Å². The molecule has 0 atom stereocenters. The van der Waals surface area contributed by atoms with Gasteiger partial charge in [-0.15, -0.1) is 0 Å². The first-order chi connectivity index (χ1) is 23.8. The summed E-state index contributed by atoms with van der Waals surface area (Å²) in [7, 11) is 21.6. The number of aromatic nitrogens is 2. The van der Waals surface area contributed by atoms with Gasteiger partial charge in [-0.1, -0.05) is 70.2 Å². The minimum atomic E-state index is 0.907. The Balaban J connectivity index is 1.10. The molecule has 50 heavy (non-hydrogen) atoms. The van der Waals surface area contributed by atoms with Gasteiger partial charge in [0.1, 0.15) is 0 Å². The van der Waals surface area contributed by atoms with Crippen LogP contribution in [-0.2, 0) is 13.1 Å². The van der Waals surface area contributed by atoms with Crippen molar-refractivity contribution < 1.29 is 18.1 Å². The average molecular weight is 713 g/mol. The number of hydrogen-bond acceptors (Lipinski definition) is 4. The second-order valence-corrected chi connectivity index (χ2v) is 17.9. The number of nitrogens with zero attached hydrogens (tertiary/aromatic N) is 6. The molecule has 2 heterocycles. The third kappa shape index (κ3) is 14.7. The lowest BCUT2D eigenvalue weighted by molar-refractivity contribution is -0.870. The fraction of sp³-hybridized carbons (Fsp3) is 0.381. The Kier molecular flexibility index (Phi) is 15.0. The van der Waals surface area contributed by atoms with Crippen LogP contribution in [0.15, 0.2) is 97.6 Å². The van der Waals surface area contributed by atoms with Gasteiger partial charge in [0.25, 0.3) is 0 Å². The highest BCUT2D eigenvalue weighted by Crippen LogP contribution is 2.21. The van der Waals surface area contributed by atoms with Gasteiger partial charge in [-0.2, -0.15) is 0 Å². The van der Waals surface area contributed by atoms with Crippen molar-refractivity contribution in [1.29, 1.82) is 0 Å². The molecule has 4 aromatic rings. The van der Waals surface area contributed by atoms with E-state index in [0.717, 1.165) is 46.8 Å². The van der Waals surface area contributed by atoms with Crippen LogP contribution in [0.5, 0.6) is 0 Å². The highest BCUT2D eigenvalue weighted by Gasteiger charge is 2.12. The van der Waals surface area contributed by atoms with Gasteiger partial charge in [0.2, 0.25) is 0 Å². The summed E-state index contributed by atoms with van der Waals surface area (Å²) in [4.78, 5) is 4.65. The molecule has 6 nitrogen and oxygen atoms in total. The average Bonchev–Trinajstić information content (AvgIpc) is 3.08. The summed E-state index contributed by atoms with van der Waals surface area (Å²) in [5, 5.41) is 0. The molecule has 4 rings (SSSR count). The summed E-state index contributed by atoms with van der Waals surface area (Å²) in [5.41, 5.74) is 7.39. The molecular formula is C42H60N6S2+4. The summed E-state index contributed by atoms with van der Waals surface area (Å²) in [5.74, 6) is 2.17. The van der Waals surface area contributed by atoms with Crippen LogP contribution in [0.1, 0.15) is 28.7 Å². The fourth-order valence-electron chi connectivity index (χ4n) is 5.56. The Morgan fingerprint density at radius 1 is 0.520 bits per heavy atom. The quantitative estimate of drug-likeness (QED) is 0.0333. The zero-order chi connectivity index (χ0) is 36.0. The Morgan fingerprint density at radius 2 is 0.900 bits per heavy atom. The van der Waals surface area contributed by atoms with Crippen LogP contribution < -0.4 is 18.9 Å². The van der Waals surface area contributed by atoms with Gasteiger partial charge < -0.3 is 18.8 Å². The highest BCUT2D eigenvalue weighted by molar-refractivity contribution is 8.76. The number of benzene rings is 2. The molecule has 0 spiro atoms.